The summed E-state index contributed by atoms with van der Waals surface area (Å²) in [6.45, 7) is 5.96. The molecule has 1 aromatic heterocycles. The molecular weight excluding hydrogens is 691 g/mol. The second-order valence-corrected chi connectivity index (χ2v) is 14.4. The molecule has 7 aromatic rings. The van der Waals surface area contributed by atoms with E-state index < -0.39 is 0 Å². The molecule has 0 bridgehead atoms. The van der Waals surface area contributed by atoms with Crippen LogP contribution in [0.1, 0.15) is 75.6 Å². The zero-order chi connectivity index (χ0) is 38.5. The number of fused-ring (bicyclic) bond motifs is 1. The highest BCUT2D eigenvalue weighted by Gasteiger charge is 2.15. The summed E-state index contributed by atoms with van der Waals surface area (Å²) in [6, 6.07) is 46.5. The van der Waals surface area contributed by atoms with Crippen molar-refractivity contribution in [3.63, 3.8) is 0 Å². The lowest BCUT2D eigenvalue weighted by Gasteiger charge is -2.26. The van der Waals surface area contributed by atoms with Gasteiger partial charge in [0.05, 0.1) is 25.7 Å². The van der Waals surface area contributed by atoms with E-state index in [9.17, 15) is 4.79 Å². The molecule has 0 aliphatic heterocycles. The molecule has 6 aromatic carbocycles. The van der Waals surface area contributed by atoms with Crippen LogP contribution in [0.2, 0.25) is 0 Å². The SMILES string of the molecule is CCCCCCOc1ccc(-c2ccc(N(c3ccc(-c4ccc(OCCCCCC)cc4)cc3)c3ccc(-c4cc(C=O)cc5cocc45)cc3)cc2)cc1. The van der Waals surface area contributed by atoms with Gasteiger partial charge in [-0.2, -0.15) is 0 Å². The number of furan rings is 1. The van der Waals surface area contributed by atoms with Gasteiger partial charge in [0.2, 0.25) is 0 Å². The molecule has 5 nitrogen and oxygen atoms in total. The van der Waals surface area contributed by atoms with Gasteiger partial charge in [0.25, 0.3) is 0 Å². The number of hydrogen-bond acceptors (Lipinski definition) is 5. The molecule has 0 saturated carbocycles. The number of carbonyl (C=O) groups is 1. The minimum atomic E-state index is 0.619. The van der Waals surface area contributed by atoms with Crippen molar-refractivity contribution in [1.82, 2.24) is 0 Å². The first-order chi connectivity index (χ1) is 27.6. The molecule has 0 N–H and O–H groups in total. The van der Waals surface area contributed by atoms with E-state index in [0.717, 1.165) is 105 Å². The maximum atomic E-state index is 11.8. The minimum Gasteiger partial charge on any atom is -0.494 e. The van der Waals surface area contributed by atoms with Gasteiger partial charge in [-0.05, 0) is 119 Å². The fourth-order valence-electron chi connectivity index (χ4n) is 7.18. The Kier molecular flexibility index (Phi) is 13.0. The highest BCUT2D eigenvalue weighted by molar-refractivity contribution is 6.00. The fraction of sp³-hybridized carbons (Fsp3) is 0.235. The van der Waals surface area contributed by atoms with E-state index in [2.05, 4.69) is 140 Å². The Morgan fingerprint density at radius 3 is 1.36 bits per heavy atom. The number of hydrogen-bond donors (Lipinski definition) is 0. The molecule has 0 fully saturated rings. The van der Waals surface area contributed by atoms with E-state index >= 15 is 0 Å². The number of carbonyl (C=O) groups excluding carboxylic acids is 1. The highest BCUT2D eigenvalue weighted by atomic mass is 16.5. The predicted octanol–water partition coefficient (Wildman–Crippen LogP) is 14.6. The lowest BCUT2D eigenvalue weighted by Crippen LogP contribution is -2.09. The van der Waals surface area contributed by atoms with E-state index in [1.165, 1.54) is 38.5 Å². The Labute approximate surface area is 331 Å². The number of rotatable bonds is 19. The summed E-state index contributed by atoms with van der Waals surface area (Å²) >= 11 is 0. The summed E-state index contributed by atoms with van der Waals surface area (Å²) < 4.78 is 17.5. The van der Waals surface area contributed by atoms with Gasteiger partial charge in [0.1, 0.15) is 17.8 Å². The topological polar surface area (TPSA) is 51.9 Å². The molecule has 0 atom stereocenters. The number of unbranched alkanes of at least 4 members (excludes halogenated alkanes) is 6. The summed E-state index contributed by atoms with van der Waals surface area (Å²) in [4.78, 5) is 14.0. The maximum absolute atomic E-state index is 11.8. The average molecular weight is 742 g/mol. The van der Waals surface area contributed by atoms with Gasteiger partial charge in [-0.25, -0.2) is 0 Å². The van der Waals surface area contributed by atoms with E-state index in [-0.39, 0.29) is 0 Å². The van der Waals surface area contributed by atoms with E-state index in [0.29, 0.717) is 5.56 Å². The third-order valence-corrected chi connectivity index (χ3v) is 10.3. The van der Waals surface area contributed by atoms with E-state index in [1.54, 1.807) is 12.5 Å². The zero-order valence-electron chi connectivity index (χ0n) is 32.6. The summed E-state index contributed by atoms with van der Waals surface area (Å²) in [6.07, 6.45) is 13.9. The van der Waals surface area contributed by atoms with Gasteiger partial charge in [-0.3, -0.25) is 4.79 Å². The number of anilines is 3. The van der Waals surface area contributed by atoms with Crippen molar-refractivity contribution in [3.8, 4) is 44.9 Å². The molecule has 284 valence electrons. The molecule has 0 unspecified atom stereocenters. The van der Waals surface area contributed by atoms with Gasteiger partial charge in [-0.15, -0.1) is 0 Å². The van der Waals surface area contributed by atoms with Gasteiger partial charge < -0.3 is 18.8 Å². The van der Waals surface area contributed by atoms with Gasteiger partial charge >= 0.3 is 0 Å². The molecule has 56 heavy (non-hydrogen) atoms. The van der Waals surface area contributed by atoms with Crippen LogP contribution in [0.15, 0.2) is 150 Å². The maximum Gasteiger partial charge on any atom is 0.150 e. The van der Waals surface area contributed by atoms with Crippen molar-refractivity contribution in [2.75, 3.05) is 18.1 Å². The summed E-state index contributed by atoms with van der Waals surface area (Å²) in [5.41, 5.74) is 10.3. The zero-order valence-corrected chi connectivity index (χ0v) is 32.6. The highest BCUT2D eigenvalue weighted by Crippen LogP contribution is 2.39. The Balaban J connectivity index is 1.14. The largest absolute Gasteiger partial charge is 0.494 e. The molecule has 0 amide bonds. The summed E-state index contributed by atoms with van der Waals surface area (Å²) in [5.74, 6) is 1.82. The predicted molar refractivity (Wildman–Crippen MR) is 232 cm³/mol. The van der Waals surface area contributed by atoms with Crippen LogP contribution >= 0.6 is 0 Å². The summed E-state index contributed by atoms with van der Waals surface area (Å²) in [7, 11) is 0. The molecule has 7 rings (SSSR count). The van der Waals surface area contributed by atoms with Gasteiger partial charge in [0, 0.05) is 33.4 Å². The van der Waals surface area contributed by atoms with Crippen molar-refractivity contribution >= 4 is 34.1 Å². The molecule has 0 radical (unpaired) electrons. The Morgan fingerprint density at radius 2 is 0.929 bits per heavy atom. The molecule has 0 saturated heterocycles. The Morgan fingerprint density at radius 1 is 0.500 bits per heavy atom. The second kappa shape index (κ2) is 19.0. The molecule has 0 spiro atoms. The number of benzene rings is 6. The standard InChI is InChI=1S/C51H51NO4/c1-3-5-7-9-31-55-48-27-17-41(18-28-48)39-11-21-45(22-12-39)52(47-25-15-43(16-26-47)50-34-38(35-53)33-44-36-54-37-51(44)50)46-23-13-40(14-24-46)42-19-29-49(30-20-42)56-32-10-8-6-4-2/h11-30,33-37H,3-10,31-32H2,1-2H3. The second-order valence-electron chi connectivity index (χ2n) is 14.4. The Hall–Kier alpha value is -6.07. The molecule has 0 aliphatic carbocycles. The van der Waals surface area contributed by atoms with Crippen LogP contribution in [0.4, 0.5) is 17.1 Å². The first-order valence-corrected chi connectivity index (χ1v) is 20.2. The number of ether oxygens (including phenoxy) is 2. The average Bonchev–Trinajstić information content (AvgIpc) is 3.74. The monoisotopic (exact) mass is 741 g/mol. The van der Waals surface area contributed by atoms with Crippen molar-refractivity contribution in [2.45, 2.75) is 65.2 Å². The van der Waals surface area contributed by atoms with Crippen LogP contribution in [-0.4, -0.2) is 19.5 Å². The molecule has 0 aliphatic rings. The van der Waals surface area contributed by atoms with Crippen molar-refractivity contribution in [2.24, 2.45) is 0 Å². The van der Waals surface area contributed by atoms with Crippen LogP contribution in [0.5, 0.6) is 11.5 Å². The number of nitrogens with zero attached hydrogens (tertiary/aromatic N) is 1. The fourth-order valence-corrected chi connectivity index (χ4v) is 7.18. The lowest BCUT2D eigenvalue weighted by molar-refractivity contribution is 0.112. The smallest absolute Gasteiger partial charge is 0.150 e. The third-order valence-electron chi connectivity index (χ3n) is 10.3. The van der Waals surface area contributed by atoms with Crippen LogP contribution in [0.25, 0.3) is 44.2 Å². The molecular formula is C51H51NO4. The van der Waals surface area contributed by atoms with Crippen molar-refractivity contribution in [3.05, 3.63) is 152 Å². The van der Waals surface area contributed by atoms with Crippen LogP contribution < -0.4 is 14.4 Å². The normalized spacial score (nSPS) is 11.1. The Bertz CT molecular complexity index is 2170. The first kappa shape index (κ1) is 38.2. The molecule has 1 heterocycles. The van der Waals surface area contributed by atoms with Crippen molar-refractivity contribution in [1.29, 1.82) is 0 Å². The molecule has 5 heteroatoms. The van der Waals surface area contributed by atoms with Crippen LogP contribution in [0.3, 0.4) is 0 Å². The first-order valence-electron chi connectivity index (χ1n) is 20.2. The van der Waals surface area contributed by atoms with Crippen LogP contribution in [0, 0.1) is 0 Å². The van der Waals surface area contributed by atoms with E-state index in [1.807, 2.05) is 12.1 Å². The number of aldehydes is 1. The lowest BCUT2D eigenvalue weighted by atomic mass is 9.98. The summed E-state index contributed by atoms with van der Waals surface area (Å²) in [5, 5.41) is 1.88. The van der Waals surface area contributed by atoms with Gasteiger partial charge in [0.15, 0.2) is 0 Å². The quantitative estimate of drug-likeness (QED) is 0.0610. The minimum absolute atomic E-state index is 0.619. The van der Waals surface area contributed by atoms with E-state index in [4.69, 9.17) is 13.9 Å². The van der Waals surface area contributed by atoms with Gasteiger partial charge in [-0.1, -0.05) is 113 Å². The van der Waals surface area contributed by atoms with Crippen molar-refractivity contribution < 1.29 is 18.7 Å². The van der Waals surface area contributed by atoms with Crippen LogP contribution in [-0.2, 0) is 0 Å². The third kappa shape index (κ3) is 9.41.